The number of carbonyl (C=O) groups excluding carboxylic acids is 2. The maximum Gasteiger partial charge on any atom is 0.408 e. The number of carbonyl (C=O) groups is 2. The lowest BCUT2D eigenvalue weighted by Gasteiger charge is -2.22. The molecule has 164 valence electrons. The number of rotatable bonds is 7. The van der Waals surface area contributed by atoms with Gasteiger partial charge in [0, 0.05) is 22.9 Å². The minimum Gasteiger partial charge on any atom is -0.467 e. The van der Waals surface area contributed by atoms with E-state index in [0.29, 0.717) is 11.5 Å². The number of esters is 1. The largest absolute Gasteiger partial charge is 0.467 e. The van der Waals surface area contributed by atoms with Crippen LogP contribution in [0.15, 0.2) is 24.3 Å². The molecule has 0 fully saturated rings. The number of hydrogen-bond acceptors (Lipinski definition) is 6. The van der Waals surface area contributed by atoms with Crippen molar-refractivity contribution in [1.82, 2.24) is 14.9 Å². The van der Waals surface area contributed by atoms with Crippen LogP contribution in [-0.4, -0.2) is 46.1 Å². The molecule has 8 heteroatoms. The Kier molecular flexibility index (Phi) is 7.95. The van der Waals surface area contributed by atoms with Crippen molar-refractivity contribution in [2.24, 2.45) is 0 Å². The fraction of sp³-hybridized carbons (Fsp3) is 0.500. The second kappa shape index (κ2) is 10.0. The van der Waals surface area contributed by atoms with E-state index in [9.17, 15) is 9.59 Å². The van der Waals surface area contributed by atoms with E-state index in [0.717, 1.165) is 28.5 Å². The molecule has 0 aliphatic carbocycles. The minimum atomic E-state index is -0.798. The van der Waals surface area contributed by atoms with Crippen molar-refractivity contribution in [3.63, 3.8) is 0 Å². The predicted molar refractivity (Wildman–Crippen MR) is 119 cm³/mol. The molecule has 2 aromatic rings. The van der Waals surface area contributed by atoms with Crippen LogP contribution in [0.3, 0.4) is 0 Å². The summed E-state index contributed by atoms with van der Waals surface area (Å²) in [6.07, 6.45) is -0.645. The molecule has 0 bridgehead atoms. The van der Waals surface area contributed by atoms with E-state index in [1.165, 1.54) is 18.9 Å². The summed E-state index contributed by atoms with van der Waals surface area (Å²) in [5.74, 6) is 1.31. The van der Waals surface area contributed by atoms with Gasteiger partial charge >= 0.3 is 12.1 Å². The summed E-state index contributed by atoms with van der Waals surface area (Å²) < 4.78 is 12.2. The fourth-order valence-electron chi connectivity index (χ4n) is 2.98. The van der Waals surface area contributed by atoms with Crippen molar-refractivity contribution in [3.05, 3.63) is 46.9 Å². The third kappa shape index (κ3) is 6.79. The Bertz CT molecular complexity index is 883. The van der Waals surface area contributed by atoms with Gasteiger partial charge in [0.15, 0.2) is 0 Å². The van der Waals surface area contributed by atoms with Crippen LogP contribution in [0.4, 0.5) is 4.79 Å². The van der Waals surface area contributed by atoms with E-state index < -0.39 is 23.7 Å². The number of pyridine rings is 1. The average molecular weight is 434 g/mol. The number of hydrogen-bond donors (Lipinski definition) is 1. The Morgan fingerprint density at radius 3 is 2.37 bits per heavy atom. The molecule has 2 heterocycles. The zero-order valence-electron chi connectivity index (χ0n) is 18.7. The summed E-state index contributed by atoms with van der Waals surface area (Å²) in [5.41, 5.74) is 3.62. The van der Waals surface area contributed by atoms with Crippen molar-refractivity contribution in [2.75, 3.05) is 12.9 Å². The summed E-state index contributed by atoms with van der Waals surface area (Å²) >= 11 is 1.50. The third-order valence-corrected chi connectivity index (χ3v) is 5.29. The molecule has 2 aromatic heterocycles. The van der Waals surface area contributed by atoms with Gasteiger partial charge in [0.2, 0.25) is 0 Å². The van der Waals surface area contributed by atoms with Crippen LogP contribution >= 0.6 is 11.8 Å². The number of thioether (sulfide) groups is 1. The Morgan fingerprint density at radius 2 is 1.80 bits per heavy atom. The first kappa shape index (κ1) is 23.8. The van der Waals surface area contributed by atoms with E-state index in [2.05, 4.69) is 41.9 Å². The van der Waals surface area contributed by atoms with E-state index in [1.807, 2.05) is 13.0 Å². The lowest BCUT2D eigenvalue weighted by atomic mass is 10.2. The quantitative estimate of drug-likeness (QED) is 0.662. The molecule has 0 aliphatic heterocycles. The highest BCUT2D eigenvalue weighted by atomic mass is 32.2. The van der Waals surface area contributed by atoms with Crippen molar-refractivity contribution < 1.29 is 19.1 Å². The van der Waals surface area contributed by atoms with Crippen molar-refractivity contribution in [1.29, 1.82) is 0 Å². The predicted octanol–water partition coefficient (Wildman–Crippen LogP) is 4.10. The number of methoxy groups -OCH3 is 1. The number of ether oxygens (including phenoxy) is 2. The first-order valence-electron chi connectivity index (χ1n) is 9.78. The zero-order valence-corrected chi connectivity index (χ0v) is 19.6. The highest BCUT2D eigenvalue weighted by Crippen LogP contribution is 2.19. The maximum atomic E-state index is 12.1. The average Bonchev–Trinajstić information content (AvgIpc) is 2.96. The van der Waals surface area contributed by atoms with Crippen LogP contribution in [-0.2, 0) is 20.0 Å². The smallest absolute Gasteiger partial charge is 0.408 e. The van der Waals surface area contributed by atoms with Gasteiger partial charge in [0.05, 0.1) is 12.8 Å². The molecule has 0 aromatic carbocycles. The molecule has 0 radical (unpaired) electrons. The van der Waals surface area contributed by atoms with E-state index in [1.54, 1.807) is 20.8 Å². The Hall–Kier alpha value is -2.48. The van der Waals surface area contributed by atoms with Gasteiger partial charge in [-0.3, -0.25) is 0 Å². The number of nitrogens with zero attached hydrogens (tertiary/aromatic N) is 2. The van der Waals surface area contributed by atoms with Crippen LogP contribution in [0.25, 0.3) is 5.82 Å². The fourth-order valence-corrected chi connectivity index (χ4v) is 3.91. The highest BCUT2D eigenvalue weighted by molar-refractivity contribution is 7.98. The SMILES string of the molecule is COC(=O)[C@H](CSCc1cc(C)cc(-n2c(C)ccc2C)n1)NC(=O)OC(C)(C)C. The third-order valence-electron chi connectivity index (χ3n) is 4.22. The maximum absolute atomic E-state index is 12.1. The first-order chi connectivity index (χ1) is 14.0. The first-order valence-corrected chi connectivity index (χ1v) is 10.9. The van der Waals surface area contributed by atoms with E-state index in [-0.39, 0.29) is 0 Å². The molecule has 0 aliphatic rings. The van der Waals surface area contributed by atoms with Crippen LogP contribution < -0.4 is 5.32 Å². The van der Waals surface area contributed by atoms with Crippen molar-refractivity contribution in [3.8, 4) is 5.82 Å². The Morgan fingerprint density at radius 1 is 1.17 bits per heavy atom. The van der Waals surface area contributed by atoms with E-state index in [4.69, 9.17) is 14.5 Å². The summed E-state index contributed by atoms with van der Waals surface area (Å²) in [6.45, 7) is 11.4. The topological polar surface area (TPSA) is 82.5 Å². The highest BCUT2D eigenvalue weighted by Gasteiger charge is 2.25. The normalized spacial score (nSPS) is 12.4. The number of aryl methyl sites for hydroxylation is 3. The summed E-state index contributed by atoms with van der Waals surface area (Å²) in [6, 6.07) is 7.41. The molecule has 30 heavy (non-hydrogen) atoms. The number of amides is 1. The van der Waals surface area contributed by atoms with Gasteiger partial charge in [-0.15, -0.1) is 0 Å². The van der Waals surface area contributed by atoms with Gasteiger partial charge in [-0.05, 0) is 71.4 Å². The molecule has 1 N–H and O–H groups in total. The monoisotopic (exact) mass is 433 g/mol. The summed E-state index contributed by atoms with van der Waals surface area (Å²) in [4.78, 5) is 28.9. The van der Waals surface area contributed by atoms with Gasteiger partial charge in [0.25, 0.3) is 0 Å². The Balaban J connectivity index is 2.06. The van der Waals surface area contributed by atoms with Crippen LogP contribution in [0.2, 0.25) is 0 Å². The van der Waals surface area contributed by atoms with Gasteiger partial charge in [-0.25, -0.2) is 14.6 Å². The van der Waals surface area contributed by atoms with Gasteiger partial charge in [-0.1, -0.05) is 0 Å². The zero-order chi connectivity index (χ0) is 22.5. The molecular weight excluding hydrogens is 402 g/mol. The standard InChI is InChI=1S/C22H31N3O4S/c1-14-10-17(23-19(11-14)25-15(2)8-9-16(25)3)12-30-13-18(20(26)28-7)24-21(27)29-22(4,5)6/h8-11,18H,12-13H2,1-7H3,(H,24,27)/t18-/m0/s1. The number of alkyl carbamates (subject to hydrolysis) is 1. The van der Waals surface area contributed by atoms with Crippen LogP contribution in [0, 0.1) is 20.8 Å². The second-order valence-corrected chi connectivity index (χ2v) is 9.21. The summed E-state index contributed by atoms with van der Waals surface area (Å²) in [7, 11) is 1.30. The molecular formula is C22H31N3O4S. The number of aromatic nitrogens is 2. The molecule has 2 rings (SSSR count). The molecule has 0 saturated carbocycles. The second-order valence-electron chi connectivity index (χ2n) is 8.18. The lowest BCUT2D eigenvalue weighted by molar-refractivity contribution is -0.142. The van der Waals surface area contributed by atoms with Gasteiger partial charge in [0.1, 0.15) is 17.5 Å². The van der Waals surface area contributed by atoms with Gasteiger partial charge in [-0.2, -0.15) is 11.8 Å². The lowest BCUT2D eigenvalue weighted by Crippen LogP contribution is -2.45. The van der Waals surface area contributed by atoms with E-state index >= 15 is 0 Å². The molecule has 0 unspecified atom stereocenters. The van der Waals surface area contributed by atoms with Crippen molar-refractivity contribution >= 4 is 23.8 Å². The Labute approximate surface area is 182 Å². The minimum absolute atomic E-state index is 0.346. The molecule has 1 atom stereocenters. The summed E-state index contributed by atoms with van der Waals surface area (Å²) in [5, 5.41) is 2.59. The molecule has 1 amide bonds. The van der Waals surface area contributed by atoms with Gasteiger partial charge < -0.3 is 19.4 Å². The van der Waals surface area contributed by atoms with Crippen LogP contribution in [0.1, 0.15) is 43.4 Å². The van der Waals surface area contributed by atoms with Crippen molar-refractivity contribution in [2.45, 2.75) is 58.9 Å². The number of nitrogens with one attached hydrogen (secondary N) is 1. The molecule has 0 saturated heterocycles. The van der Waals surface area contributed by atoms with Crippen LogP contribution in [0.5, 0.6) is 0 Å². The molecule has 0 spiro atoms. The molecule has 7 nitrogen and oxygen atoms in total.